The van der Waals surface area contributed by atoms with E-state index in [-0.39, 0.29) is 37.4 Å². The van der Waals surface area contributed by atoms with Gasteiger partial charge in [-0.3, -0.25) is 4.79 Å². The summed E-state index contributed by atoms with van der Waals surface area (Å²) in [6.45, 7) is 6.20. The number of hydrogen-bond acceptors (Lipinski definition) is 7. The van der Waals surface area contributed by atoms with E-state index < -0.39 is 6.03 Å². The predicted molar refractivity (Wildman–Crippen MR) is 157 cm³/mol. The van der Waals surface area contributed by atoms with Crippen LogP contribution in [-0.2, 0) is 0 Å². The summed E-state index contributed by atoms with van der Waals surface area (Å²) in [7, 11) is 2.15. The molecule has 3 atom stereocenters. The lowest BCUT2D eigenvalue weighted by atomic mass is 9.89. The number of hydrogen-bond donors (Lipinski definition) is 3. The molecule has 1 fully saturated rings. The van der Waals surface area contributed by atoms with Gasteiger partial charge in [0.15, 0.2) is 11.5 Å². The molecule has 2 aliphatic heterocycles. The zero-order chi connectivity index (χ0) is 28.9. The summed E-state index contributed by atoms with van der Waals surface area (Å²) in [5.74, 6) is 2.22. The quantitative estimate of drug-likeness (QED) is 0.421. The summed E-state index contributed by atoms with van der Waals surface area (Å²) in [4.78, 5) is 30.6. The van der Waals surface area contributed by atoms with Gasteiger partial charge in [0, 0.05) is 43.0 Å². The van der Waals surface area contributed by atoms with Gasteiger partial charge in [-0.05, 0) is 63.1 Å². The highest BCUT2D eigenvalue weighted by atomic mass is 16.7. The van der Waals surface area contributed by atoms with Gasteiger partial charge in [-0.2, -0.15) is 0 Å². The fraction of sp³-hybridized carbons (Fsp3) is 0.548. The van der Waals surface area contributed by atoms with Crippen LogP contribution in [0.1, 0.15) is 56.3 Å². The molecule has 0 bridgehead atoms. The first kappa shape index (κ1) is 29.0. The van der Waals surface area contributed by atoms with Crippen molar-refractivity contribution < 1.29 is 28.9 Å². The van der Waals surface area contributed by atoms with Crippen molar-refractivity contribution in [3.05, 3.63) is 42.0 Å². The maximum atomic E-state index is 13.7. The van der Waals surface area contributed by atoms with Crippen LogP contribution in [0.3, 0.4) is 0 Å². The Kier molecular flexibility index (Phi) is 9.19. The lowest BCUT2D eigenvalue weighted by Gasteiger charge is -2.38. The Bertz CT molecular complexity index is 1230. The highest BCUT2D eigenvalue weighted by Crippen LogP contribution is 2.35. The number of anilines is 2. The highest BCUT2D eigenvalue weighted by molar-refractivity contribution is 6.02. The summed E-state index contributed by atoms with van der Waals surface area (Å²) in [6.07, 6.45) is 6.37. The third-order valence-corrected chi connectivity index (χ3v) is 8.34. The Morgan fingerprint density at radius 1 is 1.02 bits per heavy atom. The van der Waals surface area contributed by atoms with Crippen LogP contribution in [0.2, 0.25) is 0 Å². The van der Waals surface area contributed by atoms with E-state index in [1.165, 1.54) is 32.1 Å². The number of likely N-dealkylation sites (N-methyl/N-ethyl adjacent to an activating group) is 1. The number of aliphatic hydroxyl groups excluding tert-OH is 1. The van der Waals surface area contributed by atoms with Crippen molar-refractivity contribution in [2.24, 2.45) is 11.8 Å². The molecular weight excluding hydrogens is 524 g/mol. The summed E-state index contributed by atoms with van der Waals surface area (Å²) >= 11 is 0. The van der Waals surface area contributed by atoms with E-state index in [1.54, 1.807) is 41.3 Å². The molecule has 2 aromatic carbocycles. The molecular formula is C31H42N4O6. The molecule has 0 aromatic heterocycles. The molecule has 2 aromatic rings. The van der Waals surface area contributed by atoms with E-state index in [9.17, 15) is 14.7 Å². The van der Waals surface area contributed by atoms with Crippen molar-refractivity contribution >= 4 is 23.3 Å². The molecule has 0 saturated heterocycles. The molecule has 3 N–H and O–H groups in total. The van der Waals surface area contributed by atoms with Crippen molar-refractivity contribution in [2.75, 3.05) is 50.7 Å². The maximum Gasteiger partial charge on any atom is 0.323 e. The van der Waals surface area contributed by atoms with Gasteiger partial charge in [-0.1, -0.05) is 26.2 Å². The van der Waals surface area contributed by atoms with Crippen molar-refractivity contribution in [3.63, 3.8) is 0 Å². The zero-order valence-corrected chi connectivity index (χ0v) is 24.2. The molecule has 0 unspecified atom stereocenters. The van der Waals surface area contributed by atoms with Gasteiger partial charge in [0.2, 0.25) is 6.79 Å². The molecule has 0 spiro atoms. The van der Waals surface area contributed by atoms with E-state index in [0.717, 1.165) is 19.0 Å². The second kappa shape index (κ2) is 13.0. The van der Waals surface area contributed by atoms with Gasteiger partial charge in [0.25, 0.3) is 5.91 Å². The normalized spacial score (nSPS) is 21.5. The third kappa shape index (κ3) is 7.05. The average Bonchev–Trinajstić information content (AvgIpc) is 3.43. The smallest absolute Gasteiger partial charge is 0.323 e. The number of carbonyl (C=O) groups excluding carboxylic acids is 2. The van der Waals surface area contributed by atoms with Crippen molar-refractivity contribution in [2.45, 2.75) is 58.1 Å². The Morgan fingerprint density at radius 3 is 2.44 bits per heavy atom. The standard InChI is InChI=1S/C31H42N4O6/c1-20-15-35(21(2)18-36)30(37)25-13-23(32-31(38)33-24-10-12-27-28(14-24)40-19-39-27)9-11-26(25)41-29(20)17-34(3)16-22-7-5-4-6-8-22/h9-14,20-22,29,36H,4-8,15-19H2,1-3H3,(H2,32,33,38)/t20-,21+,29+/m0/s1. The molecule has 2 heterocycles. The summed E-state index contributed by atoms with van der Waals surface area (Å²) in [6, 6.07) is 9.47. The Morgan fingerprint density at radius 2 is 1.71 bits per heavy atom. The average molecular weight is 567 g/mol. The molecule has 1 saturated carbocycles. The molecule has 3 aliphatic rings. The van der Waals surface area contributed by atoms with Gasteiger partial charge in [-0.15, -0.1) is 0 Å². The van der Waals surface area contributed by atoms with Crippen LogP contribution >= 0.6 is 0 Å². The minimum Gasteiger partial charge on any atom is -0.488 e. The van der Waals surface area contributed by atoms with Crippen LogP contribution < -0.4 is 24.8 Å². The topological polar surface area (TPSA) is 113 Å². The first-order valence-corrected chi connectivity index (χ1v) is 14.7. The van der Waals surface area contributed by atoms with Crippen molar-refractivity contribution in [3.8, 4) is 17.2 Å². The molecule has 10 nitrogen and oxygen atoms in total. The first-order chi connectivity index (χ1) is 19.8. The number of ether oxygens (including phenoxy) is 3. The predicted octanol–water partition coefficient (Wildman–Crippen LogP) is 4.79. The number of carbonyl (C=O) groups is 2. The number of benzene rings is 2. The highest BCUT2D eigenvalue weighted by Gasteiger charge is 2.34. The number of nitrogens with one attached hydrogen (secondary N) is 2. The number of rotatable bonds is 8. The summed E-state index contributed by atoms with van der Waals surface area (Å²) < 4.78 is 17.2. The molecule has 10 heteroatoms. The Balaban J connectivity index is 1.32. The van der Waals surface area contributed by atoms with Gasteiger partial charge >= 0.3 is 6.03 Å². The van der Waals surface area contributed by atoms with E-state index in [1.807, 2.05) is 6.92 Å². The molecule has 5 rings (SSSR count). The molecule has 3 amide bonds. The van der Waals surface area contributed by atoms with Gasteiger partial charge < -0.3 is 39.8 Å². The van der Waals surface area contributed by atoms with E-state index >= 15 is 0 Å². The number of amides is 3. The molecule has 222 valence electrons. The minimum atomic E-state index is -0.459. The summed E-state index contributed by atoms with van der Waals surface area (Å²) in [5.41, 5.74) is 1.36. The lowest BCUT2D eigenvalue weighted by molar-refractivity contribution is 0.0330. The van der Waals surface area contributed by atoms with Crippen LogP contribution in [0.4, 0.5) is 16.2 Å². The first-order valence-electron chi connectivity index (χ1n) is 14.7. The number of nitrogens with zero attached hydrogens (tertiary/aromatic N) is 2. The van der Waals surface area contributed by atoms with Gasteiger partial charge in [0.05, 0.1) is 18.2 Å². The van der Waals surface area contributed by atoms with Gasteiger partial charge in [-0.25, -0.2) is 4.79 Å². The van der Waals surface area contributed by atoms with E-state index in [0.29, 0.717) is 40.7 Å². The van der Waals surface area contributed by atoms with Gasteiger partial charge in [0.1, 0.15) is 11.9 Å². The van der Waals surface area contributed by atoms with Crippen LogP contribution in [0.15, 0.2) is 36.4 Å². The van der Waals surface area contributed by atoms with Crippen molar-refractivity contribution in [1.29, 1.82) is 0 Å². The number of fused-ring (bicyclic) bond motifs is 2. The van der Waals surface area contributed by atoms with E-state index in [4.69, 9.17) is 14.2 Å². The monoisotopic (exact) mass is 566 g/mol. The zero-order valence-electron chi connectivity index (χ0n) is 24.2. The molecule has 41 heavy (non-hydrogen) atoms. The maximum absolute atomic E-state index is 13.7. The van der Waals surface area contributed by atoms with Crippen LogP contribution in [0.5, 0.6) is 17.2 Å². The van der Waals surface area contributed by atoms with Crippen LogP contribution in [0.25, 0.3) is 0 Å². The largest absolute Gasteiger partial charge is 0.488 e. The van der Waals surface area contributed by atoms with Crippen molar-refractivity contribution in [1.82, 2.24) is 9.80 Å². The second-order valence-corrected chi connectivity index (χ2v) is 11.7. The molecule has 0 radical (unpaired) electrons. The fourth-order valence-electron chi connectivity index (χ4n) is 5.98. The fourth-order valence-corrected chi connectivity index (χ4v) is 5.98. The minimum absolute atomic E-state index is 0.0557. The molecule has 1 aliphatic carbocycles. The van der Waals surface area contributed by atoms with E-state index in [2.05, 4.69) is 29.5 Å². The Labute approximate surface area is 241 Å². The SMILES string of the molecule is C[C@H](CO)N1C[C@H](C)[C@@H](CN(C)CC2CCCCC2)Oc2ccc(NC(=O)Nc3ccc4c(c3)OCO4)cc2C1=O. The lowest BCUT2D eigenvalue weighted by Crippen LogP contribution is -2.50. The van der Waals surface area contributed by atoms with Crippen LogP contribution in [-0.4, -0.2) is 79.1 Å². The number of urea groups is 1. The summed E-state index contributed by atoms with van der Waals surface area (Å²) in [5, 5.41) is 15.6. The third-order valence-electron chi connectivity index (χ3n) is 8.34. The Hall–Kier alpha value is -3.50. The van der Waals surface area contributed by atoms with Crippen LogP contribution in [0, 0.1) is 11.8 Å². The number of aliphatic hydroxyl groups is 1. The second-order valence-electron chi connectivity index (χ2n) is 11.7.